The fourth-order valence-electron chi connectivity index (χ4n) is 5.07. The number of piperidine rings is 1. The van der Waals surface area contributed by atoms with E-state index in [0.717, 1.165) is 30.7 Å². The third kappa shape index (κ3) is 4.11. The summed E-state index contributed by atoms with van der Waals surface area (Å²) in [6.07, 6.45) is 14.5. The van der Waals surface area contributed by atoms with Gasteiger partial charge in [-0.25, -0.2) is 19.3 Å². The molecule has 2 fully saturated rings. The van der Waals surface area contributed by atoms with Crippen molar-refractivity contribution in [2.75, 3.05) is 23.3 Å². The zero-order valence-electron chi connectivity index (χ0n) is 17.7. The topological polar surface area (TPSA) is 75.4 Å². The van der Waals surface area contributed by atoms with Crippen molar-refractivity contribution in [3.05, 3.63) is 48.1 Å². The lowest BCUT2D eigenvalue weighted by atomic mass is 9.83. The van der Waals surface area contributed by atoms with E-state index in [2.05, 4.69) is 25.2 Å². The number of pyridine rings is 1. The number of anilines is 2. The van der Waals surface area contributed by atoms with Gasteiger partial charge in [-0.1, -0.05) is 25.7 Å². The summed E-state index contributed by atoms with van der Waals surface area (Å²) < 4.78 is 15.8. The molecule has 31 heavy (non-hydrogen) atoms. The van der Waals surface area contributed by atoms with E-state index in [4.69, 9.17) is 0 Å². The normalized spacial score (nSPS) is 18.1. The molecule has 0 aromatic carbocycles. The zero-order valence-corrected chi connectivity index (χ0v) is 17.7. The van der Waals surface area contributed by atoms with Crippen LogP contribution in [0.5, 0.6) is 0 Å². The van der Waals surface area contributed by atoms with Gasteiger partial charge < -0.3 is 14.6 Å². The lowest BCUT2D eigenvalue weighted by Crippen LogP contribution is -2.36. The van der Waals surface area contributed by atoms with Crippen molar-refractivity contribution >= 4 is 23.1 Å². The van der Waals surface area contributed by atoms with Crippen LogP contribution in [-0.2, 0) is 0 Å². The Morgan fingerprint density at radius 3 is 2.52 bits per heavy atom. The SMILES string of the molecule is Cc1cn2cc(NC(=O)c3cnc(N4CCC(C5CCCC5)CC4)cn3)cc(F)c2n1. The minimum Gasteiger partial charge on any atom is -0.355 e. The lowest BCUT2D eigenvalue weighted by molar-refractivity contribution is 0.102. The molecule has 7 nitrogen and oxygen atoms in total. The monoisotopic (exact) mass is 422 g/mol. The number of carbonyl (C=O) groups excluding carboxylic acids is 1. The number of nitrogens with zero attached hydrogens (tertiary/aromatic N) is 5. The van der Waals surface area contributed by atoms with Gasteiger partial charge >= 0.3 is 0 Å². The van der Waals surface area contributed by atoms with E-state index in [-0.39, 0.29) is 11.3 Å². The standard InChI is InChI=1S/C23H27FN6O/c1-15-13-30-14-18(10-19(24)22(30)27-15)28-23(31)20-11-26-21(12-25-20)29-8-6-17(7-9-29)16-4-2-3-5-16/h10-14,16-17H,2-9H2,1H3,(H,28,31). The summed E-state index contributed by atoms with van der Waals surface area (Å²) in [5.41, 5.74) is 1.48. The maximum absolute atomic E-state index is 14.2. The molecule has 5 rings (SSSR count). The van der Waals surface area contributed by atoms with E-state index in [0.29, 0.717) is 11.4 Å². The Hall–Kier alpha value is -3.03. The van der Waals surface area contributed by atoms with E-state index < -0.39 is 11.7 Å². The largest absolute Gasteiger partial charge is 0.355 e. The highest BCUT2D eigenvalue weighted by Crippen LogP contribution is 2.37. The van der Waals surface area contributed by atoms with Crippen molar-refractivity contribution in [1.29, 1.82) is 0 Å². The van der Waals surface area contributed by atoms with E-state index >= 15 is 0 Å². The highest BCUT2D eigenvalue weighted by molar-refractivity contribution is 6.02. The van der Waals surface area contributed by atoms with Gasteiger partial charge in [-0.3, -0.25) is 4.79 Å². The quantitative estimate of drug-likeness (QED) is 0.681. The molecule has 1 aliphatic heterocycles. The summed E-state index contributed by atoms with van der Waals surface area (Å²) in [7, 11) is 0. The van der Waals surface area contributed by atoms with Crippen LogP contribution in [-0.4, -0.2) is 38.3 Å². The van der Waals surface area contributed by atoms with Gasteiger partial charge in [0.15, 0.2) is 11.5 Å². The van der Waals surface area contributed by atoms with Gasteiger partial charge in [0.1, 0.15) is 11.5 Å². The molecular formula is C23H27FN6O. The number of aryl methyl sites for hydroxylation is 1. The van der Waals surface area contributed by atoms with Crippen molar-refractivity contribution in [3.8, 4) is 0 Å². The van der Waals surface area contributed by atoms with Crippen LogP contribution < -0.4 is 10.2 Å². The molecular weight excluding hydrogens is 395 g/mol. The van der Waals surface area contributed by atoms with E-state index in [1.165, 1.54) is 50.8 Å². The van der Waals surface area contributed by atoms with Gasteiger partial charge in [-0.05, 0) is 31.6 Å². The number of hydrogen-bond acceptors (Lipinski definition) is 5. The molecule has 0 spiro atoms. The van der Waals surface area contributed by atoms with Crippen LogP contribution in [0.1, 0.15) is 54.7 Å². The van der Waals surface area contributed by atoms with Crippen LogP contribution in [0.25, 0.3) is 5.65 Å². The Morgan fingerprint density at radius 2 is 1.81 bits per heavy atom. The highest BCUT2D eigenvalue weighted by Gasteiger charge is 2.29. The van der Waals surface area contributed by atoms with Crippen molar-refractivity contribution in [3.63, 3.8) is 0 Å². The predicted molar refractivity (Wildman–Crippen MR) is 117 cm³/mol. The molecule has 0 bridgehead atoms. The first-order valence-electron chi connectivity index (χ1n) is 11.1. The predicted octanol–water partition coefficient (Wildman–Crippen LogP) is 4.23. The molecule has 1 aliphatic carbocycles. The number of amides is 1. The molecule has 162 valence electrons. The number of hydrogen-bond donors (Lipinski definition) is 1. The zero-order chi connectivity index (χ0) is 21.4. The van der Waals surface area contributed by atoms with Crippen LogP contribution in [0, 0.1) is 24.6 Å². The van der Waals surface area contributed by atoms with Gasteiger partial charge in [0.05, 0.1) is 23.8 Å². The Labute approximate surface area is 180 Å². The maximum Gasteiger partial charge on any atom is 0.275 e. The van der Waals surface area contributed by atoms with Crippen LogP contribution in [0.4, 0.5) is 15.9 Å². The van der Waals surface area contributed by atoms with Crippen molar-refractivity contribution in [2.45, 2.75) is 45.4 Å². The van der Waals surface area contributed by atoms with E-state index in [1.807, 2.05) is 0 Å². The number of rotatable bonds is 4. The second-order valence-electron chi connectivity index (χ2n) is 8.77. The first kappa shape index (κ1) is 19.9. The smallest absolute Gasteiger partial charge is 0.275 e. The molecule has 2 aliphatic rings. The molecule has 1 N–H and O–H groups in total. The number of fused-ring (bicyclic) bond motifs is 1. The van der Waals surface area contributed by atoms with Crippen LogP contribution >= 0.6 is 0 Å². The van der Waals surface area contributed by atoms with Crippen molar-refractivity contribution in [2.24, 2.45) is 11.8 Å². The van der Waals surface area contributed by atoms with Gasteiger partial charge in [-0.2, -0.15) is 0 Å². The Bertz CT molecular complexity index is 1080. The first-order valence-corrected chi connectivity index (χ1v) is 11.1. The van der Waals surface area contributed by atoms with E-state index in [1.54, 1.807) is 29.9 Å². The molecule has 8 heteroatoms. The average Bonchev–Trinajstić information content (AvgIpc) is 3.44. The van der Waals surface area contributed by atoms with Gasteiger partial charge in [0.25, 0.3) is 5.91 Å². The average molecular weight is 423 g/mol. The molecule has 3 aromatic heterocycles. The van der Waals surface area contributed by atoms with E-state index in [9.17, 15) is 9.18 Å². The number of imidazole rings is 1. The summed E-state index contributed by atoms with van der Waals surface area (Å²) >= 11 is 0. The molecule has 1 saturated carbocycles. The minimum atomic E-state index is -0.492. The second kappa shape index (κ2) is 8.24. The number of carbonyl (C=O) groups is 1. The van der Waals surface area contributed by atoms with Gasteiger partial charge in [-0.15, -0.1) is 0 Å². The summed E-state index contributed by atoms with van der Waals surface area (Å²) in [5, 5.41) is 2.69. The molecule has 1 amide bonds. The van der Waals surface area contributed by atoms with Gasteiger partial charge in [0.2, 0.25) is 0 Å². The molecule has 0 radical (unpaired) electrons. The lowest BCUT2D eigenvalue weighted by Gasteiger charge is -2.35. The molecule has 1 saturated heterocycles. The van der Waals surface area contributed by atoms with Gasteiger partial charge in [0, 0.05) is 31.5 Å². The summed E-state index contributed by atoms with van der Waals surface area (Å²) in [5.74, 6) is 1.65. The second-order valence-corrected chi connectivity index (χ2v) is 8.77. The minimum absolute atomic E-state index is 0.201. The highest BCUT2D eigenvalue weighted by atomic mass is 19.1. The summed E-state index contributed by atoms with van der Waals surface area (Å²) in [6, 6.07) is 1.26. The summed E-state index contributed by atoms with van der Waals surface area (Å²) in [4.78, 5) is 27.7. The Morgan fingerprint density at radius 1 is 1.06 bits per heavy atom. The van der Waals surface area contributed by atoms with Crippen molar-refractivity contribution in [1.82, 2.24) is 19.4 Å². The van der Waals surface area contributed by atoms with Crippen LogP contribution in [0.15, 0.2) is 30.9 Å². The number of aromatic nitrogens is 4. The van der Waals surface area contributed by atoms with Crippen LogP contribution in [0.2, 0.25) is 0 Å². The Balaban J connectivity index is 1.22. The molecule has 0 unspecified atom stereocenters. The Kier molecular flexibility index (Phi) is 5.29. The maximum atomic E-state index is 14.2. The fourth-order valence-corrected chi connectivity index (χ4v) is 5.07. The molecule has 3 aromatic rings. The number of halogens is 1. The molecule has 4 heterocycles. The first-order chi connectivity index (χ1) is 15.1. The molecule has 0 atom stereocenters. The van der Waals surface area contributed by atoms with Crippen molar-refractivity contribution < 1.29 is 9.18 Å². The summed E-state index contributed by atoms with van der Waals surface area (Å²) in [6.45, 7) is 3.77. The van der Waals surface area contributed by atoms with Crippen LogP contribution in [0.3, 0.4) is 0 Å². The fraction of sp³-hybridized carbons (Fsp3) is 0.478. The third-order valence-corrected chi connectivity index (χ3v) is 6.69. The number of nitrogens with one attached hydrogen (secondary N) is 1. The third-order valence-electron chi connectivity index (χ3n) is 6.69.